The third-order valence-electron chi connectivity index (χ3n) is 2.69. The first-order chi connectivity index (χ1) is 8.01. The molecular weight excluding hydrogens is 267 g/mol. The Balaban J connectivity index is 2.28. The summed E-state index contributed by atoms with van der Waals surface area (Å²) < 4.78 is 38.8. The van der Waals surface area contributed by atoms with Gasteiger partial charge in [-0.05, 0) is 25.0 Å². The second kappa shape index (κ2) is 4.88. The fourth-order valence-corrected chi connectivity index (χ4v) is 3.39. The molecule has 0 saturated carbocycles. The molecule has 17 heavy (non-hydrogen) atoms. The molecule has 1 aliphatic heterocycles. The second-order valence-corrected chi connectivity index (χ2v) is 6.34. The van der Waals surface area contributed by atoms with Crippen LogP contribution in [0.2, 0.25) is 0 Å². The smallest absolute Gasteiger partial charge is 0.241 e. The first kappa shape index (κ1) is 12.7. The minimum atomic E-state index is -3.83. The highest BCUT2D eigenvalue weighted by Crippen LogP contribution is 2.23. The maximum Gasteiger partial charge on any atom is 0.263 e. The lowest BCUT2D eigenvalue weighted by molar-refractivity contribution is 0.347. The van der Waals surface area contributed by atoms with Crippen LogP contribution in [-0.4, -0.2) is 36.2 Å². The fourth-order valence-electron chi connectivity index (χ4n) is 1.75. The Morgan fingerprint density at radius 3 is 2.65 bits per heavy atom. The Kier molecular flexibility index (Phi) is 3.65. The Hall–Kier alpha value is -0.720. The molecule has 7 heteroatoms. The summed E-state index contributed by atoms with van der Waals surface area (Å²) in [7, 11) is -3.83. The van der Waals surface area contributed by atoms with Crippen LogP contribution < -0.4 is 0 Å². The van der Waals surface area contributed by atoms with Gasteiger partial charge in [0.15, 0.2) is 5.82 Å². The number of hydrogen-bond acceptors (Lipinski definition) is 3. The number of alkyl halides is 1. The van der Waals surface area contributed by atoms with E-state index < -0.39 is 20.9 Å². The summed E-state index contributed by atoms with van der Waals surface area (Å²) >= 11 is 5.90. The predicted octanol–water partition coefficient (Wildman–Crippen LogP) is 1.61. The second-order valence-electron chi connectivity index (χ2n) is 3.87. The van der Waals surface area contributed by atoms with Crippen molar-refractivity contribution in [1.82, 2.24) is 9.29 Å². The van der Waals surface area contributed by atoms with E-state index in [4.69, 9.17) is 11.6 Å². The number of aromatic nitrogens is 1. The van der Waals surface area contributed by atoms with E-state index in [0.717, 1.165) is 6.07 Å². The van der Waals surface area contributed by atoms with Gasteiger partial charge >= 0.3 is 0 Å². The van der Waals surface area contributed by atoms with E-state index in [1.807, 2.05) is 0 Å². The number of rotatable bonds is 2. The van der Waals surface area contributed by atoms with E-state index in [9.17, 15) is 12.8 Å². The van der Waals surface area contributed by atoms with Crippen molar-refractivity contribution < 1.29 is 12.8 Å². The molecule has 0 atom stereocenters. The molecule has 4 nitrogen and oxygen atoms in total. The molecule has 0 N–H and O–H groups in total. The molecule has 1 aliphatic rings. The van der Waals surface area contributed by atoms with Gasteiger partial charge in [-0.3, -0.25) is 0 Å². The van der Waals surface area contributed by atoms with Gasteiger partial charge < -0.3 is 0 Å². The zero-order chi connectivity index (χ0) is 12.5. The Morgan fingerprint density at radius 1 is 1.41 bits per heavy atom. The molecule has 94 valence electrons. The van der Waals surface area contributed by atoms with Gasteiger partial charge in [-0.1, -0.05) is 0 Å². The highest BCUT2D eigenvalue weighted by atomic mass is 35.5. The zero-order valence-corrected chi connectivity index (χ0v) is 10.6. The topological polar surface area (TPSA) is 50.3 Å². The highest BCUT2D eigenvalue weighted by Gasteiger charge is 2.31. The molecule has 1 fully saturated rings. The lowest BCUT2D eigenvalue weighted by Crippen LogP contribution is -2.39. The van der Waals surface area contributed by atoms with E-state index in [-0.39, 0.29) is 5.38 Å². The molecule has 0 bridgehead atoms. The highest BCUT2D eigenvalue weighted by molar-refractivity contribution is 7.89. The van der Waals surface area contributed by atoms with Crippen LogP contribution in [0.4, 0.5) is 4.39 Å². The molecule has 0 radical (unpaired) electrons. The van der Waals surface area contributed by atoms with Crippen LogP contribution in [0.5, 0.6) is 0 Å². The van der Waals surface area contributed by atoms with Crippen LogP contribution in [0, 0.1) is 5.82 Å². The van der Waals surface area contributed by atoms with Gasteiger partial charge in [-0.15, -0.1) is 11.6 Å². The van der Waals surface area contributed by atoms with Crippen molar-refractivity contribution in [3.8, 4) is 0 Å². The summed E-state index contributed by atoms with van der Waals surface area (Å²) in [5, 5.41) is -0.511. The van der Waals surface area contributed by atoms with Crippen molar-refractivity contribution in [2.45, 2.75) is 23.2 Å². The molecule has 0 spiro atoms. The Bertz CT molecular complexity index is 501. The minimum absolute atomic E-state index is 0.00460. The maximum absolute atomic E-state index is 13.4. The molecule has 0 aliphatic carbocycles. The van der Waals surface area contributed by atoms with Gasteiger partial charge in [0.25, 0.3) is 10.0 Å². The molecule has 1 saturated heterocycles. The normalized spacial score (nSPS) is 19.4. The molecule has 0 aromatic carbocycles. The zero-order valence-electron chi connectivity index (χ0n) is 9.01. The van der Waals surface area contributed by atoms with Crippen molar-refractivity contribution >= 4 is 21.6 Å². The van der Waals surface area contributed by atoms with Crippen LogP contribution in [-0.2, 0) is 10.0 Å². The number of halogens is 2. The third kappa shape index (κ3) is 2.59. The molecule has 0 amide bonds. The van der Waals surface area contributed by atoms with Crippen LogP contribution in [0.1, 0.15) is 12.8 Å². The summed E-state index contributed by atoms with van der Waals surface area (Å²) in [6.45, 7) is 0.624. The lowest BCUT2D eigenvalue weighted by atomic mass is 10.2. The minimum Gasteiger partial charge on any atom is -0.241 e. The van der Waals surface area contributed by atoms with Gasteiger partial charge in [0, 0.05) is 24.7 Å². The number of piperidine rings is 1. The molecule has 1 aromatic rings. The standard InChI is InChI=1S/C10H12ClFN2O2S/c11-8-3-6-14(7-4-8)17(15,16)10-9(12)2-1-5-13-10/h1-2,5,8H,3-4,6-7H2. The lowest BCUT2D eigenvalue weighted by Gasteiger charge is -2.28. The summed E-state index contributed by atoms with van der Waals surface area (Å²) in [5.41, 5.74) is 0. The van der Waals surface area contributed by atoms with Crippen molar-refractivity contribution in [1.29, 1.82) is 0 Å². The first-order valence-corrected chi connectivity index (χ1v) is 7.14. The molecule has 2 rings (SSSR count). The number of nitrogens with zero attached hydrogens (tertiary/aromatic N) is 2. The van der Waals surface area contributed by atoms with Crippen molar-refractivity contribution in [3.63, 3.8) is 0 Å². The number of sulfonamides is 1. The average molecular weight is 279 g/mol. The quantitative estimate of drug-likeness (QED) is 0.773. The molecule has 2 heterocycles. The molecule has 0 unspecified atom stereocenters. The monoisotopic (exact) mass is 278 g/mol. The van der Waals surface area contributed by atoms with E-state index in [1.165, 1.54) is 16.6 Å². The van der Waals surface area contributed by atoms with Crippen LogP contribution in [0.25, 0.3) is 0 Å². The van der Waals surface area contributed by atoms with Crippen LogP contribution in [0.3, 0.4) is 0 Å². The van der Waals surface area contributed by atoms with Gasteiger partial charge in [0.05, 0.1) is 0 Å². The summed E-state index contributed by atoms with van der Waals surface area (Å²) in [4.78, 5) is 3.61. The van der Waals surface area contributed by atoms with E-state index in [2.05, 4.69) is 4.98 Å². The van der Waals surface area contributed by atoms with Gasteiger partial charge in [-0.2, -0.15) is 4.31 Å². The Labute approximate surface area is 104 Å². The van der Waals surface area contributed by atoms with Crippen LogP contribution in [0.15, 0.2) is 23.4 Å². The summed E-state index contributed by atoms with van der Waals surface area (Å²) in [5.74, 6) is -0.819. The van der Waals surface area contributed by atoms with Gasteiger partial charge in [0.1, 0.15) is 0 Å². The van der Waals surface area contributed by atoms with Crippen molar-refractivity contribution in [2.24, 2.45) is 0 Å². The number of pyridine rings is 1. The SMILES string of the molecule is O=S(=O)(c1ncccc1F)N1CCC(Cl)CC1. The first-order valence-electron chi connectivity index (χ1n) is 5.26. The van der Waals surface area contributed by atoms with E-state index in [1.54, 1.807) is 0 Å². The Morgan fingerprint density at radius 2 is 2.06 bits per heavy atom. The summed E-state index contributed by atoms with van der Waals surface area (Å²) in [6, 6.07) is 2.45. The summed E-state index contributed by atoms with van der Waals surface area (Å²) in [6.07, 6.45) is 2.43. The molecule has 1 aromatic heterocycles. The fraction of sp³-hybridized carbons (Fsp3) is 0.500. The van der Waals surface area contributed by atoms with Crippen molar-refractivity contribution in [3.05, 3.63) is 24.1 Å². The van der Waals surface area contributed by atoms with E-state index in [0.29, 0.717) is 25.9 Å². The maximum atomic E-state index is 13.4. The average Bonchev–Trinajstić information content (AvgIpc) is 2.30. The number of hydrogen-bond donors (Lipinski definition) is 0. The van der Waals surface area contributed by atoms with E-state index >= 15 is 0 Å². The van der Waals surface area contributed by atoms with Gasteiger partial charge in [0.2, 0.25) is 5.03 Å². The van der Waals surface area contributed by atoms with Crippen LogP contribution >= 0.6 is 11.6 Å². The van der Waals surface area contributed by atoms with Crippen molar-refractivity contribution in [2.75, 3.05) is 13.1 Å². The van der Waals surface area contributed by atoms with Gasteiger partial charge in [-0.25, -0.2) is 17.8 Å². The largest absolute Gasteiger partial charge is 0.263 e. The molecular formula is C10H12ClFN2O2S. The third-order valence-corrected chi connectivity index (χ3v) is 4.96. The predicted molar refractivity (Wildman–Crippen MR) is 61.8 cm³/mol.